The summed E-state index contributed by atoms with van der Waals surface area (Å²) in [5, 5.41) is 0. The zero-order valence-electron chi connectivity index (χ0n) is 12.0. The first-order valence-electron chi connectivity index (χ1n) is 7.31. The summed E-state index contributed by atoms with van der Waals surface area (Å²) in [6.07, 6.45) is 5.87. The van der Waals surface area contributed by atoms with Gasteiger partial charge in [0.1, 0.15) is 5.78 Å². The molecule has 0 aliphatic heterocycles. The average Bonchev–Trinajstić information content (AvgIpc) is 2.41. The van der Waals surface area contributed by atoms with E-state index < -0.39 is 0 Å². The van der Waals surface area contributed by atoms with E-state index in [1.165, 1.54) is 17.5 Å². The first-order valence-corrected chi connectivity index (χ1v) is 7.31. The summed E-state index contributed by atoms with van der Waals surface area (Å²) in [6, 6.07) is 8.97. The minimum atomic E-state index is 0.385. The van der Waals surface area contributed by atoms with Crippen LogP contribution in [0, 0.1) is 0 Å². The molecule has 1 rings (SSSR count). The first kappa shape index (κ1) is 14.9. The van der Waals surface area contributed by atoms with Gasteiger partial charge in [0.05, 0.1) is 0 Å². The maximum absolute atomic E-state index is 11.4. The SMILES string of the molecule is CCCc1ccc(C(CC)CCC(=O)CC)cc1. The van der Waals surface area contributed by atoms with E-state index in [4.69, 9.17) is 0 Å². The van der Waals surface area contributed by atoms with Gasteiger partial charge in [0.2, 0.25) is 0 Å². The smallest absolute Gasteiger partial charge is 0.132 e. The molecule has 0 saturated carbocycles. The highest BCUT2D eigenvalue weighted by Gasteiger charge is 2.11. The van der Waals surface area contributed by atoms with Gasteiger partial charge in [0.25, 0.3) is 0 Å². The maximum Gasteiger partial charge on any atom is 0.132 e. The van der Waals surface area contributed by atoms with E-state index in [-0.39, 0.29) is 0 Å². The summed E-state index contributed by atoms with van der Waals surface area (Å²) < 4.78 is 0. The molecular weight excluding hydrogens is 220 g/mol. The van der Waals surface area contributed by atoms with E-state index in [1.807, 2.05) is 6.92 Å². The van der Waals surface area contributed by atoms with Gasteiger partial charge >= 0.3 is 0 Å². The largest absolute Gasteiger partial charge is 0.300 e. The first-order chi connectivity index (χ1) is 8.71. The summed E-state index contributed by atoms with van der Waals surface area (Å²) in [4.78, 5) is 11.4. The third kappa shape index (κ3) is 4.64. The highest BCUT2D eigenvalue weighted by atomic mass is 16.1. The molecule has 1 atom stereocenters. The Labute approximate surface area is 112 Å². The molecule has 0 saturated heterocycles. The monoisotopic (exact) mass is 246 g/mol. The van der Waals surface area contributed by atoms with Gasteiger partial charge in [0.15, 0.2) is 0 Å². The molecule has 1 unspecified atom stereocenters. The lowest BCUT2D eigenvalue weighted by atomic mass is 9.90. The van der Waals surface area contributed by atoms with Crippen LogP contribution >= 0.6 is 0 Å². The Morgan fingerprint density at radius 1 is 1.11 bits per heavy atom. The van der Waals surface area contributed by atoms with Crippen LogP contribution in [0.5, 0.6) is 0 Å². The molecule has 0 spiro atoms. The number of aryl methyl sites for hydroxylation is 1. The molecule has 0 aromatic heterocycles. The van der Waals surface area contributed by atoms with Crippen LogP contribution in [-0.2, 0) is 11.2 Å². The van der Waals surface area contributed by atoms with Crippen molar-refractivity contribution in [2.75, 3.05) is 0 Å². The van der Waals surface area contributed by atoms with Crippen molar-refractivity contribution in [3.05, 3.63) is 35.4 Å². The summed E-state index contributed by atoms with van der Waals surface area (Å²) in [7, 11) is 0. The Balaban J connectivity index is 2.61. The Morgan fingerprint density at radius 2 is 1.78 bits per heavy atom. The summed E-state index contributed by atoms with van der Waals surface area (Å²) >= 11 is 0. The van der Waals surface area contributed by atoms with Crippen molar-refractivity contribution in [1.29, 1.82) is 0 Å². The van der Waals surface area contributed by atoms with Crippen molar-refractivity contribution < 1.29 is 4.79 Å². The number of rotatable bonds is 8. The predicted molar refractivity (Wildman–Crippen MR) is 78.0 cm³/mol. The molecule has 0 amide bonds. The van der Waals surface area contributed by atoms with Gasteiger partial charge in [-0.2, -0.15) is 0 Å². The maximum atomic E-state index is 11.4. The fraction of sp³-hybridized carbons (Fsp3) is 0.588. The minimum absolute atomic E-state index is 0.385. The second-order valence-corrected chi connectivity index (χ2v) is 5.03. The molecule has 100 valence electrons. The Morgan fingerprint density at radius 3 is 2.28 bits per heavy atom. The molecule has 0 heterocycles. The highest BCUT2D eigenvalue weighted by molar-refractivity contribution is 5.78. The van der Waals surface area contributed by atoms with Crippen LogP contribution in [0.3, 0.4) is 0 Å². The summed E-state index contributed by atoms with van der Waals surface area (Å²) in [5.74, 6) is 0.923. The summed E-state index contributed by atoms with van der Waals surface area (Å²) in [5.41, 5.74) is 2.81. The van der Waals surface area contributed by atoms with Crippen molar-refractivity contribution in [3.63, 3.8) is 0 Å². The van der Waals surface area contributed by atoms with E-state index in [0.717, 1.165) is 25.7 Å². The molecule has 0 N–H and O–H groups in total. The van der Waals surface area contributed by atoms with Crippen molar-refractivity contribution in [2.24, 2.45) is 0 Å². The molecule has 0 bridgehead atoms. The number of carbonyl (C=O) groups is 1. The van der Waals surface area contributed by atoms with Crippen LogP contribution in [0.2, 0.25) is 0 Å². The Hall–Kier alpha value is -1.11. The van der Waals surface area contributed by atoms with Gasteiger partial charge in [-0.05, 0) is 36.3 Å². The van der Waals surface area contributed by atoms with Gasteiger partial charge in [-0.25, -0.2) is 0 Å². The molecule has 0 aliphatic rings. The van der Waals surface area contributed by atoms with E-state index in [9.17, 15) is 4.79 Å². The molecule has 18 heavy (non-hydrogen) atoms. The molecule has 1 aromatic carbocycles. The average molecular weight is 246 g/mol. The Bertz CT molecular complexity index is 350. The normalized spacial score (nSPS) is 12.4. The third-order valence-corrected chi connectivity index (χ3v) is 3.65. The second-order valence-electron chi connectivity index (χ2n) is 5.03. The zero-order chi connectivity index (χ0) is 13.4. The quantitative estimate of drug-likeness (QED) is 0.638. The minimum Gasteiger partial charge on any atom is -0.300 e. The lowest BCUT2D eigenvalue weighted by Crippen LogP contribution is -2.02. The van der Waals surface area contributed by atoms with Crippen molar-refractivity contribution >= 4 is 5.78 Å². The lowest BCUT2D eigenvalue weighted by molar-refractivity contribution is -0.118. The third-order valence-electron chi connectivity index (χ3n) is 3.65. The van der Waals surface area contributed by atoms with Crippen LogP contribution in [0.4, 0.5) is 0 Å². The van der Waals surface area contributed by atoms with Gasteiger partial charge < -0.3 is 0 Å². The van der Waals surface area contributed by atoms with Crippen LogP contribution < -0.4 is 0 Å². The van der Waals surface area contributed by atoms with E-state index in [1.54, 1.807) is 0 Å². The molecule has 0 radical (unpaired) electrons. The molecule has 1 heteroatoms. The summed E-state index contributed by atoms with van der Waals surface area (Å²) in [6.45, 7) is 6.36. The number of ketones is 1. The number of carbonyl (C=O) groups excluding carboxylic acids is 1. The van der Waals surface area contributed by atoms with Crippen LogP contribution in [-0.4, -0.2) is 5.78 Å². The molecule has 0 aliphatic carbocycles. The number of hydrogen-bond acceptors (Lipinski definition) is 1. The van der Waals surface area contributed by atoms with Gasteiger partial charge in [-0.15, -0.1) is 0 Å². The molecule has 0 fully saturated rings. The molecule has 1 aromatic rings. The van der Waals surface area contributed by atoms with E-state index in [0.29, 0.717) is 18.1 Å². The van der Waals surface area contributed by atoms with Gasteiger partial charge in [-0.3, -0.25) is 4.79 Å². The zero-order valence-corrected chi connectivity index (χ0v) is 12.0. The van der Waals surface area contributed by atoms with Crippen molar-refractivity contribution in [3.8, 4) is 0 Å². The molecule has 1 nitrogen and oxygen atoms in total. The number of hydrogen-bond donors (Lipinski definition) is 0. The lowest BCUT2D eigenvalue weighted by Gasteiger charge is -2.15. The molecular formula is C17H26O. The fourth-order valence-electron chi connectivity index (χ4n) is 2.36. The van der Waals surface area contributed by atoms with Gasteiger partial charge in [0, 0.05) is 12.8 Å². The second kappa shape index (κ2) is 8.07. The predicted octanol–water partition coefficient (Wildman–Crippen LogP) is 4.89. The van der Waals surface area contributed by atoms with Gasteiger partial charge in [-0.1, -0.05) is 51.5 Å². The van der Waals surface area contributed by atoms with Crippen LogP contribution in [0.25, 0.3) is 0 Å². The Kier molecular flexibility index (Phi) is 6.70. The van der Waals surface area contributed by atoms with Crippen LogP contribution in [0.1, 0.15) is 69.9 Å². The van der Waals surface area contributed by atoms with E-state index >= 15 is 0 Å². The highest BCUT2D eigenvalue weighted by Crippen LogP contribution is 2.25. The van der Waals surface area contributed by atoms with E-state index in [2.05, 4.69) is 38.1 Å². The fourth-order valence-corrected chi connectivity index (χ4v) is 2.36. The standard InChI is InChI=1S/C17H26O/c1-4-7-14-8-10-16(11-9-14)15(5-2)12-13-17(18)6-3/h8-11,15H,4-7,12-13H2,1-3H3. The van der Waals surface area contributed by atoms with Crippen LogP contribution in [0.15, 0.2) is 24.3 Å². The van der Waals surface area contributed by atoms with Crippen molar-refractivity contribution in [2.45, 2.75) is 65.2 Å². The number of benzene rings is 1. The number of Topliss-reactive ketones (excluding diaryl/α,β-unsaturated/α-hetero) is 1. The van der Waals surface area contributed by atoms with Crippen molar-refractivity contribution in [1.82, 2.24) is 0 Å². The topological polar surface area (TPSA) is 17.1 Å².